The van der Waals surface area contributed by atoms with Gasteiger partial charge in [0, 0.05) is 11.1 Å². The number of para-hydroxylation sites is 1. The number of aliphatic hydroxyl groups excluding tert-OH is 3. The molecular formula is C15H15O4. The molecule has 0 fully saturated rings. The number of aliphatic hydroxyl groups is 3. The molecule has 0 saturated heterocycles. The summed E-state index contributed by atoms with van der Waals surface area (Å²) in [6.45, 7) is -0.757. The lowest BCUT2D eigenvalue weighted by Crippen LogP contribution is -2.02. The van der Waals surface area contributed by atoms with Crippen LogP contribution in [0.4, 0.5) is 0 Å². The zero-order chi connectivity index (χ0) is 13.7. The molecule has 0 unspecified atom stereocenters. The van der Waals surface area contributed by atoms with E-state index in [0.29, 0.717) is 28.2 Å². The van der Waals surface area contributed by atoms with Crippen molar-refractivity contribution in [3.05, 3.63) is 59.2 Å². The van der Waals surface area contributed by atoms with E-state index in [4.69, 9.17) is 4.74 Å². The van der Waals surface area contributed by atoms with Crippen LogP contribution in [0.5, 0.6) is 11.5 Å². The Morgan fingerprint density at radius 2 is 1.68 bits per heavy atom. The van der Waals surface area contributed by atoms with E-state index in [1.807, 2.05) is 18.2 Å². The molecule has 0 bridgehead atoms. The van der Waals surface area contributed by atoms with Crippen LogP contribution in [0.15, 0.2) is 36.4 Å². The topological polar surface area (TPSA) is 69.9 Å². The Balaban J connectivity index is 2.46. The van der Waals surface area contributed by atoms with Gasteiger partial charge in [0.15, 0.2) is 0 Å². The van der Waals surface area contributed by atoms with Gasteiger partial charge >= 0.3 is 0 Å². The van der Waals surface area contributed by atoms with Crippen LogP contribution in [-0.4, -0.2) is 15.3 Å². The first-order valence-electron chi connectivity index (χ1n) is 5.91. The molecule has 99 valence electrons. The SMILES string of the molecule is OCc1[c]cc(CO)c(Oc2ccccc2)c1CO. The Kier molecular flexibility index (Phi) is 4.52. The third kappa shape index (κ3) is 2.93. The molecule has 2 rings (SSSR count). The van der Waals surface area contributed by atoms with Gasteiger partial charge in [0.1, 0.15) is 11.5 Å². The normalized spacial score (nSPS) is 10.5. The van der Waals surface area contributed by atoms with E-state index < -0.39 is 0 Å². The molecule has 0 aromatic heterocycles. The van der Waals surface area contributed by atoms with Gasteiger partial charge in [0.05, 0.1) is 19.8 Å². The summed E-state index contributed by atoms with van der Waals surface area (Å²) >= 11 is 0. The van der Waals surface area contributed by atoms with Crippen LogP contribution in [0.3, 0.4) is 0 Å². The fourth-order valence-electron chi connectivity index (χ4n) is 1.82. The van der Waals surface area contributed by atoms with E-state index in [9.17, 15) is 15.3 Å². The van der Waals surface area contributed by atoms with Gasteiger partial charge in [-0.25, -0.2) is 0 Å². The van der Waals surface area contributed by atoms with Crippen molar-refractivity contribution >= 4 is 0 Å². The average molecular weight is 259 g/mol. The van der Waals surface area contributed by atoms with Crippen LogP contribution in [0, 0.1) is 6.07 Å². The van der Waals surface area contributed by atoms with Gasteiger partial charge < -0.3 is 20.1 Å². The Morgan fingerprint density at radius 3 is 2.26 bits per heavy atom. The Bertz CT molecular complexity index is 537. The van der Waals surface area contributed by atoms with E-state index in [0.717, 1.165) is 0 Å². The number of ether oxygens (including phenoxy) is 1. The second kappa shape index (κ2) is 6.33. The number of benzene rings is 2. The van der Waals surface area contributed by atoms with Crippen molar-refractivity contribution in [2.45, 2.75) is 19.8 Å². The van der Waals surface area contributed by atoms with Crippen LogP contribution in [0.2, 0.25) is 0 Å². The van der Waals surface area contributed by atoms with Gasteiger partial charge in [-0.15, -0.1) is 0 Å². The smallest absolute Gasteiger partial charge is 0.138 e. The minimum Gasteiger partial charge on any atom is -0.457 e. The molecule has 0 spiro atoms. The third-order valence-corrected chi connectivity index (χ3v) is 2.80. The second-order valence-electron chi connectivity index (χ2n) is 3.99. The highest BCUT2D eigenvalue weighted by molar-refractivity contribution is 5.47. The van der Waals surface area contributed by atoms with Crippen molar-refractivity contribution < 1.29 is 20.1 Å². The van der Waals surface area contributed by atoms with E-state index in [2.05, 4.69) is 6.07 Å². The lowest BCUT2D eigenvalue weighted by molar-refractivity contribution is 0.250. The van der Waals surface area contributed by atoms with Gasteiger partial charge in [-0.3, -0.25) is 0 Å². The minimum absolute atomic E-state index is 0.225. The molecule has 4 nitrogen and oxygen atoms in total. The zero-order valence-electron chi connectivity index (χ0n) is 10.3. The lowest BCUT2D eigenvalue weighted by atomic mass is 10.0. The number of hydrogen-bond donors (Lipinski definition) is 3. The first-order valence-corrected chi connectivity index (χ1v) is 5.91. The van der Waals surface area contributed by atoms with E-state index in [-0.39, 0.29) is 19.8 Å². The van der Waals surface area contributed by atoms with Crippen molar-refractivity contribution in [2.75, 3.05) is 0 Å². The van der Waals surface area contributed by atoms with Gasteiger partial charge in [-0.1, -0.05) is 18.2 Å². The van der Waals surface area contributed by atoms with Gasteiger partial charge in [0.2, 0.25) is 0 Å². The summed E-state index contributed by atoms with van der Waals surface area (Å²) in [7, 11) is 0. The van der Waals surface area contributed by atoms with E-state index in [1.54, 1.807) is 18.2 Å². The van der Waals surface area contributed by atoms with E-state index in [1.165, 1.54) is 0 Å². The highest BCUT2D eigenvalue weighted by atomic mass is 16.5. The van der Waals surface area contributed by atoms with Gasteiger partial charge in [-0.2, -0.15) is 0 Å². The first-order chi connectivity index (χ1) is 9.30. The summed E-state index contributed by atoms with van der Waals surface area (Å²) < 4.78 is 5.71. The number of hydrogen-bond acceptors (Lipinski definition) is 4. The van der Waals surface area contributed by atoms with E-state index >= 15 is 0 Å². The molecule has 0 aliphatic rings. The largest absolute Gasteiger partial charge is 0.457 e. The molecule has 2 aromatic rings. The lowest BCUT2D eigenvalue weighted by Gasteiger charge is -2.16. The summed E-state index contributed by atoms with van der Waals surface area (Å²) in [6, 6.07) is 13.5. The van der Waals surface area contributed by atoms with Crippen molar-refractivity contribution in [1.29, 1.82) is 0 Å². The fraction of sp³-hybridized carbons (Fsp3) is 0.200. The van der Waals surface area contributed by atoms with Gasteiger partial charge in [-0.05, 0) is 29.8 Å². The zero-order valence-corrected chi connectivity index (χ0v) is 10.3. The van der Waals surface area contributed by atoms with Gasteiger partial charge in [0.25, 0.3) is 0 Å². The third-order valence-electron chi connectivity index (χ3n) is 2.80. The van der Waals surface area contributed by atoms with Crippen LogP contribution in [0.1, 0.15) is 16.7 Å². The summed E-state index contributed by atoms with van der Waals surface area (Å²) in [5.41, 5.74) is 1.42. The highest BCUT2D eigenvalue weighted by Crippen LogP contribution is 2.32. The number of rotatable bonds is 5. The predicted molar refractivity (Wildman–Crippen MR) is 69.6 cm³/mol. The Labute approximate surface area is 111 Å². The maximum atomic E-state index is 9.44. The molecule has 1 radical (unpaired) electrons. The molecule has 2 aromatic carbocycles. The quantitative estimate of drug-likeness (QED) is 0.765. The molecule has 0 heterocycles. The fourth-order valence-corrected chi connectivity index (χ4v) is 1.82. The van der Waals surface area contributed by atoms with Crippen molar-refractivity contribution in [3.63, 3.8) is 0 Å². The standard InChI is InChI=1S/C15H15O4/c16-8-11-6-7-12(9-17)15(14(11)10-18)19-13-4-2-1-3-5-13/h1-5,7,16-18H,8-10H2. The molecule has 3 N–H and O–H groups in total. The maximum Gasteiger partial charge on any atom is 0.138 e. The summed E-state index contributed by atoms with van der Waals surface area (Å²) in [5.74, 6) is 0.973. The van der Waals surface area contributed by atoms with Crippen LogP contribution in [0.25, 0.3) is 0 Å². The second-order valence-corrected chi connectivity index (χ2v) is 3.99. The van der Waals surface area contributed by atoms with Crippen LogP contribution < -0.4 is 4.74 Å². The monoisotopic (exact) mass is 259 g/mol. The molecule has 4 heteroatoms. The molecule has 0 atom stereocenters. The maximum absolute atomic E-state index is 9.44. The Hall–Kier alpha value is -1.88. The molecule has 0 saturated carbocycles. The average Bonchev–Trinajstić information content (AvgIpc) is 2.47. The highest BCUT2D eigenvalue weighted by Gasteiger charge is 2.14. The summed E-state index contributed by atoms with van der Waals surface area (Å²) in [5, 5.41) is 28.0. The first kappa shape index (κ1) is 13.5. The molecule has 19 heavy (non-hydrogen) atoms. The molecule has 0 aliphatic carbocycles. The van der Waals surface area contributed by atoms with Crippen LogP contribution >= 0.6 is 0 Å². The molecule has 0 amide bonds. The van der Waals surface area contributed by atoms with Crippen molar-refractivity contribution in [3.8, 4) is 11.5 Å². The Morgan fingerprint density at radius 1 is 0.947 bits per heavy atom. The summed E-state index contributed by atoms with van der Waals surface area (Å²) in [4.78, 5) is 0. The van der Waals surface area contributed by atoms with Crippen molar-refractivity contribution in [1.82, 2.24) is 0 Å². The predicted octanol–water partition coefficient (Wildman–Crippen LogP) is 1.76. The van der Waals surface area contributed by atoms with Crippen LogP contribution in [-0.2, 0) is 19.8 Å². The molecule has 0 aliphatic heterocycles. The minimum atomic E-state index is -0.289. The van der Waals surface area contributed by atoms with Crippen molar-refractivity contribution in [2.24, 2.45) is 0 Å². The molecular weight excluding hydrogens is 244 g/mol. The summed E-state index contributed by atoms with van der Waals surface area (Å²) in [6.07, 6.45) is 0.